The molecule has 1 spiro atoms. The van der Waals surface area contributed by atoms with Gasteiger partial charge in [-0.1, -0.05) is 41.4 Å². The van der Waals surface area contributed by atoms with Crippen molar-refractivity contribution >= 4 is 46.5 Å². The molecule has 1 unspecified atom stereocenters. The van der Waals surface area contributed by atoms with Crippen LogP contribution in [0.2, 0.25) is 10.0 Å². The monoisotopic (exact) mass is 702 g/mol. The molecule has 2 heterocycles. The van der Waals surface area contributed by atoms with E-state index in [1.165, 1.54) is 37.4 Å². The number of aliphatic hydroxyl groups is 1. The van der Waals surface area contributed by atoms with Crippen LogP contribution in [0.5, 0.6) is 5.75 Å². The summed E-state index contributed by atoms with van der Waals surface area (Å²) >= 11 is 12.5. The summed E-state index contributed by atoms with van der Waals surface area (Å²) in [5, 5.41) is 39.9. The molecule has 0 radical (unpaired) electrons. The van der Waals surface area contributed by atoms with Crippen LogP contribution < -0.4 is 10.1 Å². The zero-order valence-electron chi connectivity index (χ0n) is 25.5. The number of carbonyl (C=O) groups is 2. The Bertz CT molecular complexity index is 1860. The van der Waals surface area contributed by atoms with E-state index < -0.39 is 69.3 Å². The second-order valence-corrected chi connectivity index (χ2v) is 12.9. The lowest BCUT2D eigenvalue weighted by molar-refractivity contribution is -0.528. The number of hydrogen-bond donors (Lipinski definition) is 2. The highest BCUT2D eigenvalue weighted by molar-refractivity contribution is 6.31. The van der Waals surface area contributed by atoms with Crippen LogP contribution in [0.1, 0.15) is 58.3 Å². The number of aliphatic hydroxyl groups excluding tert-OH is 1. The first-order valence-corrected chi connectivity index (χ1v) is 15.7. The van der Waals surface area contributed by atoms with Crippen molar-refractivity contribution in [3.63, 3.8) is 0 Å². The molecule has 1 aliphatic carbocycles. The van der Waals surface area contributed by atoms with Gasteiger partial charge in [-0.05, 0) is 49.4 Å². The summed E-state index contributed by atoms with van der Waals surface area (Å²) in [6, 6.07) is 7.72. The Morgan fingerprint density at radius 1 is 1.17 bits per heavy atom. The van der Waals surface area contributed by atoms with E-state index in [-0.39, 0.29) is 44.9 Å². The summed E-state index contributed by atoms with van der Waals surface area (Å²) < 4.78 is 26.0. The van der Waals surface area contributed by atoms with E-state index in [0.717, 1.165) is 32.1 Å². The van der Waals surface area contributed by atoms with Crippen LogP contribution in [-0.2, 0) is 15.1 Å². The predicted molar refractivity (Wildman–Crippen MR) is 170 cm³/mol. The van der Waals surface area contributed by atoms with E-state index in [4.69, 9.17) is 32.7 Å². The van der Waals surface area contributed by atoms with Crippen LogP contribution in [-0.4, -0.2) is 64.6 Å². The Labute approximate surface area is 282 Å². The maximum absolute atomic E-state index is 16.0. The quantitative estimate of drug-likeness (QED) is 0.153. The van der Waals surface area contributed by atoms with Gasteiger partial charge in [0.1, 0.15) is 22.7 Å². The Kier molecular flexibility index (Phi) is 8.79. The normalized spacial score (nSPS) is 23.9. The van der Waals surface area contributed by atoms with Gasteiger partial charge in [0.15, 0.2) is 0 Å². The average molecular weight is 704 g/mol. The fourth-order valence-electron chi connectivity index (χ4n) is 7.34. The molecular weight excluding hydrogens is 674 g/mol. The van der Waals surface area contributed by atoms with Crippen LogP contribution >= 0.6 is 23.2 Å². The van der Waals surface area contributed by atoms with E-state index >= 15 is 4.39 Å². The Balaban J connectivity index is 1.57. The van der Waals surface area contributed by atoms with Crippen LogP contribution in [0.25, 0.3) is 0 Å². The highest BCUT2D eigenvalue weighted by Gasteiger charge is 2.71. The van der Waals surface area contributed by atoms with Gasteiger partial charge in [-0.2, -0.15) is 0 Å². The lowest BCUT2D eigenvalue weighted by Crippen LogP contribution is -2.53. The molecular formula is C32H29Cl2FN4O9. The summed E-state index contributed by atoms with van der Waals surface area (Å²) in [5.74, 6) is -4.06. The SMILES string of the molecule is COC(=O)c1cc([N+](=O)[O-])c(C(O)C[C@H]2[C@@H]([N+](=O)[O-])[C@H](c3cccc(Cl)c3F)[C@]3(C(=O)Nc4cc(Cl)ccc43)N2CC2CC2)cc1OC. The first-order chi connectivity index (χ1) is 22.8. The molecule has 2 N–H and O–H groups in total. The van der Waals surface area contributed by atoms with Crippen molar-refractivity contribution in [2.45, 2.75) is 48.9 Å². The van der Waals surface area contributed by atoms with Crippen LogP contribution in [0.4, 0.5) is 15.8 Å². The fourth-order valence-corrected chi connectivity index (χ4v) is 7.69. The standard InChI is InChI=1S/C32H29Cl2FN4O9/c1-47-26-12-18(23(38(43)44)11-19(26)30(41)48-2)25(40)13-24-29(39(45)46)27(17-4-3-5-21(34)28(17)35)32(37(24)14-15-6-7-15)20-9-8-16(33)10-22(20)36-31(32)42/h3-5,8-12,15,24-25,27,29,40H,6-7,13-14H2,1-2H3,(H,36,42)/t24-,25?,27-,29+,32+/m0/s1. The van der Waals surface area contributed by atoms with Crippen molar-refractivity contribution in [1.82, 2.24) is 4.90 Å². The average Bonchev–Trinajstić information content (AvgIpc) is 3.77. The molecule has 3 aromatic rings. The van der Waals surface area contributed by atoms with Crippen molar-refractivity contribution in [2.75, 3.05) is 26.1 Å². The van der Waals surface area contributed by atoms with Crippen molar-refractivity contribution in [3.05, 3.63) is 107 Å². The summed E-state index contributed by atoms with van der Waals surface area (Å²) in [6.07, 6.45) is -0.687. The number of esters is 1. The third-order valence-electron chi connectivity index (χ3n) is 9.51. The number of hydrogen-bond acceptors (Lipinski definition) is 10. The highest BCUT2D eigenvalue weighted by atomic mass is 35.5. The molecule has 0 aromatic heterocycles. The molecule has 16 heteroatoms. The minimum atomic E-state index is -1.85. The molecule has 3 aromatic carbocycles. The van der Waals surface area contributed by atoms with E-state index in [1.54, 1.807) is 11.0 Å². The number of nitrogens with one attached hydrogen (secondary N) is 1. The number of fused-ring (bicyclic) bond motifs is 2. The number of likely N-dealkylation sites (tertiary alicyclic amines) is 1. The number of nitro groups is 2. The fraction of sp³-hybridized carbons (Fsp3) is 0.375. The van der Waals surface area contributed by atoms with Crippen LogP contribution in [0, 0.1) is 32.0 Å². The van der Waals surface area contributed by atoms with Gasteiger partial charge in [0.2, 0.25) is 6.04 Å². The predicted octanol–water partition coefficient (Wildman–Crippen LogP) is 5.63. The Morgan fingerprint density at radius 3 is 2.52 bits per heavy atom. The van der Waals surface area contributed by atoms with E-state index in [1.807, 2.05) is 0 Å². The molecule has 3 aliphatic rings. The number of anilines is 1. The molecule has 13 nitrogen and oxygen atoms in total. The van der Waals surface area contributed by atoms with Crippen LogP contribution in [0.15, 0.2) is 48.5 Å². The molecule has 252 valence electrons. The first kappa shape index (κ1) is 33.5. The highest BCUT2D eigenvalue weighted by Crippen LogP contribution is 2.60. The third kappa shape index (κ3) is 5.32. The number of nitro benzene ring substituents is 1. The molecule has 2 fully saturated rings. The van der Waals surface area contributed by atoms with Gasteiger partial charge in [0, 0.05) is 39.4 Å². The molecule has 0 bridgehead atoms. The third-order valence-corrected chi connectivity index (χ3v) is 10.0. The van der Waals surface area contributed by atoms with Gasteiger partial charge in [-0.3, -0.25) is 29.9 Å². The zero-order chi connectivity index (χ0) is 34.7. The van der Waals surface area contributed by atoms with Gasteiger partial charge in [0.05, 0.1) is 47.8 Å². The smallest absolute Gasteiger partial charge is 0.341 e. The topological polar surface area (TPSA) is 174 Å². The van der Waals surface area contributed by atoms with Gasteiger partial charge in [0.25, 0.3) is 11.6 Å². The van der Waals surface area contributed by atoms with Crippen molar-refractivity contribution in [1.29, 1.82) is 0 Å². The largest absolute Gasteiger partial charge is 0.496 e. The summed E-state index contributed by atoms with van der Waals surface area (Å²) in [5.41, 5.74) is -2.60. The molecule has 1 saturated carbocycles. The Morgan fingerprint density at radius 2 is 1.90 bits per heavy atom. The second kappa shape index (κ2) is 12.6. The number of rotatable bonds is 10. The summed E-state index contributed by atoms with van der Waals surface area (Å²) in [7, 11) is 2.31. The van der Waals surface area contributed by atoms with E-state index in [0.29, 0.717) is 11.3 Å². The molecule has 1 amide bonds. The number of carbonyl (C=O) groups excluding carboxylic acids is 2. The maximum atomic E-state index is 16.0. The number of benzene rings is 3. The summed E-state index contributed by atoms with van der Waals surface area (Å²) in [4.78, 5) is 52.4. The number of amides is 1. The Hall–Kier alpha value is -4.37. The number of halogens is 3. The molecule has 6 rings (SSSR count). The molecule has 1 saturated heterocycles. The van der Waals surface area contributed by atoms with Crippen molar-refractivity contribution in [3.8, 4) is 5.75 Å². The van der Waals surface area contributed by atoms with E-state index in [2.05, 4.69) is 5.32 Å². The van der Waals surface area contributed by atoms with Crippen molar-refractivity contribution in [2.24, 2.45) is 5.92 Å². The van der Waals surface area contributed by atoms with Gasteiger partial charge >= 0.3 is 5.97 Å². The van der Waals surface area contributed by atoms with Crippen LogP contribution in [0.3, 0.4) is 0 Å². The lowest BCUT2D eigenvalue weighted by atomic mass is 9.73. The van der Waals surface area contributed by atoms with Crippen molar-refractivity contribution < 1.29 is 38.4 Å². The molecule has 2 aliphatic heterocycles. The van der Waals surface area contributed by atoms with Gasteiger partial charge in [-0.15, -0.1) is 0 Å². The van der Waals surface area contributed by atoms with E-state index in [9.17, 15) is 34.9 Å². The summed E-state index contributed by atoms with van der Waals surface area (Å²) in [6.45, 7) is 0.169. The molecule has 48 heavy (non-hydrogen) atoms. The minimum Gasteiger partial charge on any atom is -0.496 e. The van der Waals surface area contributed by atoms with Gasteiger partial charge < -0.3 is 19.9 Å². The number of nitrogens with zero attached hydrogens (tertiary/aromatic N) is 3. The zero-order valence-corrected chi connectivity index (χ0v) is 27.0. The second-order valence-electron chi connectivity index (χ2n) is 12.1. The first-order valence-electron chi connectivity index (χ1n) is 14.9. The lowest BCUT2D eigenvalue weighted by Gasteiger charge is -2.39. The minimum absolute atomic E-state index is 0.0369. The molecule has 5 atom stereocenters. The maximum Gasteiger partial charge on any atom is 0.341 e. The number of methoxy groups -OCH3 is 2. The number of ether oxygens (including phenoxy) is 2. The van der Waals surface area contributed by atoms with Gasteiger partial charge in [-0.25, -0.2) is 9.18 Å².